The lowest BCUT2D eigenvalue weighted by molar-refractivity contribution is -0.159. The van der Waals surface area contributed by atoms with Crippen molar-refractivity contribution >= 4 is 35.1 Å². The van der Waals surface area contributed by atoms with Gasteiger partial charge in [0.2, 0.25) is 0 Å². The van der Waals surface area contributed by atoms with Crippen LogP contribution in [-0.4, -0.2) is 24.6 Å². The summed E-state index contributed by atoms with van der Waals surface area (Å²) in [5.74, 6) is 0.151. The first kappa shape index (κ1) is 20.1. The molecule has 0 spiro atoms. The van der Waals surface area contributed by atoms with Gasteiger partial charge in [0.25, 0.3) is 0 Å². The molecule has 1 aromatic carbocycles. The molecule has 1 aliphatic carbocycles. The Bertz CT molecular complexity index is 610. The van der Waals surface area contributed by atoms with E-state index < -0.39 is 18.5 Å². The number of carbonyl (C=O) groups excluding carboxylic acids is 2. The third-order valence-corrected chi connectivity index (χ3v) is 5.10. The summed E-state index contributed by atoms with van der Waals surface area (Å²) in [6, 6.07) is 4.40. The van der Waals surface area contributed by atoms with Crippen molar-refractivity contribution in [3.05, 3.63) is 33.8 Å². The Morgan fingerprint density at radius 3 is 2.40 bits per heavy atom. The number of halogens is 2. The Morgan fingerprint density at radius 2 is 1.80 bits per heavy atom. The number of esters is 2. The highest BCUT2D eigenvalue weighted by molar-refractivity contribution is 6.35. The van der Waals surface area contributed by atoms with Gasteiger partial charge in [0, 0.05) is 10.0 Å². The fourth-order valence-electron chi connectivity index (χ4n) is 3.33. The predicted octanol–water partition coefficient (Wildman–Crippen LogP) is 5.15. The summed E-state index contributed by atoms with van der Waals surface area (Å²) in [5.41, 5.74) is 0.205. The number of carbonyl (C=O) groups is 2. The van der Waals surface area contributed by atoms with E-state index in [1.807, 2.05) is 0 Å². The molecule has 0 heterocycles. The molecule has 6 heteroatoms. The van der Waals surface area contributed by atoms with Crippen molar-refractivity contribution in [2.45, 2.75) is 46.1 Å². The number of rotatable bonds is 5. The van der Waals surface area contributed by atoms with Gasteiger partial charge in [-0.2, -0.15) is 0 Å². The topological polar surface area (TPSA) is 52.6 Å². The fraction of sp³-hybridized carbons (Fsp3) is 0.579. The maximum absolute atomic E-state index is 12.1. The highest BCUT2D eigenvalue weighted by atomic mass is 35.5. The van der Waals surface area contributed by atoms with Crippen molar-refractivity contribution in [2.24, 2.45) is 17.8 Å². The standard InChI is InChI=1S/C19H24Cl2O4/c1-11(2)16-5-4-12(3)6-17(16)25-18(22)10-24-19(23)13-7-14(20)9-15(21)8-13/h7-9,11-12,16-17H,4-6,10H2,1-3H3. The summed E-state index contributed by atoms with van der Waals surface area (Å²) in [4.78, 5) is 24.1. The van der Waals surface area contributed by atoms with Gasteiger partial charge in [-0.3, -0.25) is 0 Å². The van der Waals surface area contributed by atoms with Gasteiger partial charge in [0.1, 0.15) is 6.10 Å². The Balaban J connectivity index is 1.89. The van der Waals surface area contributed by atoms with Crippen LogP contribution in [0.3, 0.4) is 0 Å². The van der Waals surface area contributed by atoms with Gasteiger partial charge in [0.05, 0.1) is 5.56 Å². The summed E-state index contributed by atoms with van der Waals surface area (Å²) in [6.45, 7) is 6.04. The molecule has 0 aromatic heterocycles. The van der Waals surface area contributed by atoms with Crippen LogP contribution >= 0.6 is 23.2 Å². The SMILES string of the molecule is CC1CCC(C(C)C)C(OC(=O)COC(=O)c2cc(Cl)cc(Cl)c2)C1. The zero-order valence-electron chi connectivity index (χ0n) is 14.8. The molecule has 0 aliphatic heterocycles. The van der Waals surface area contributed by atoms with Gasteiger partial charge >= 0.3 is 11.9 Å². The minimum atomic E-state index is -0.654. The van der Waals surface area contributed by atoms with Crippen molar-refractivity contribution in [3.8, 4) is 0 Å². The molecule has 1 aliphatic rings. The molecule has 0 radical (unpaired) electrons. The van der Waals surface area contributed by atoms with E-state index in [0.29, 0.717) is 27.8 Å². The van der Waals surface area contributed by atoms with Crippen LogP contribution in [0.2, 0.25) is 10.0 Å². The van der Waals surface area contributed by atoms with Crippen LogP contribution < -0.4 is 0 Å². The monoisotopic (exact) mass is 386 g/mol. The maximum atomic E-state index is 12.1. The predicted molar refractivity (Wildman–Crippen MR) is 98.0 cm³/mol. The normalized spacial score (nSPS) is 23.4. The van der Waals surface area contributed by atoms with Crippen LogP contribution in [0.1, 0.15) is 50.4 Å². The van der Waals surface area contributed by atoms with Crippen LogP contribution in [0.15, 0.2) is 18.2 Å². The van der Waals surface area contributed by atoms with Gasteiger partial charge in [-0.15, -0.1) is 0 Å². The molecule has 3 atom stereocenters. The molecule has 2 rings (SSSR count). The lowest BCUT2D eigenvalue weighted by Crippen LogP contribution is -2.36. The van der Waals surface area contributed by atoms with Crippen LogP contribution in [0.25, 0.3) is 0 Å². The molecule has 4 nitrogen and oxygen atoms in total. The van der Waals surface area contributed by atoms with E-state index in [9.17, 15) is 9.59 Å². The zero-order valence-corrected chi connectivity index (χ0v) is 16.3. The molecule has 0 saturated heterocycles. The van der Waals surface area contributed by atoms with E-state index in [-0.39, 0.29) is 11.7 Å². The van der Waals surface area contributed by atoms with Gasteiger partial charge in [-0.1, -0.05) is 50.4 Å². The fourth-order valence-corrected chi connectivity index (χ4v) is 3.86. The second kappa shape index (κ2) is 8.91. The van der Waals surface area contributed by atoms with Gasteiger partial charge in [-0.05, 0) is 48.8 Å². The van der Waals surface area contributed by atoms with E-state index in [1.165, 1.54) is 18.2 Å². The van der Waals surface area contributed by atoms with E-state index in [0.717, 1.165) is 19.3 Å². The molecule has 3 unspecified atom stereocenters. The molecule has 138 valence electrons. The molecule has 1 aromatic rings. The quantitative estimate of drug-likeness (QED) is 0.656. The zero-order chi connectivity index (χ0) is 18.6. The summed E-state index contributed by atoms with van der Waals surface area (Å²) in [6.07, 6.45) is 2.95. The maximum Gasteiger partial charge on any atom is 0.344 e. The van der Waals surface area contributed by atoms with Crippen molar-refractivity contribution in [1.29, 1.82) is 0 Å². The molecular weight excluding hydrogens is 363 g/mol. The molecule has 25 heavy (non-hydrogen) atoms. The lowest BCUT2D eigenvalue weighted by Gasteiger charge is -2.36. The Morgan fingerprint density at radius 1 is 1.16 bits per heavy atom. The van der Waals surface area contributed by atoms with Crippen molar-refractivity contribution in [1.82, 2.24) is 0 Å². The summed E-state index contributed by atoms with van der Waals surface area (Å²) < 4.78 is 10.6. The molecule has 1 saturated carbocycles. The third kappa shape index (κ3) is 5.89. The first-order valence-corrected chi connectivity index (χ1v) is 9.34. The van der Waals surface area contributed by atoms with Crippen LogP contribution in [-0.2, 0) is 14.3 Å². The summed E-state index contributed by atoms with van der Waals surface area (Å²) in [7, 11) is 0. The highest BCUT2D eigenvalue weighted by Gasteiger charge is 2.33. The average molecular weight is 387 g/mol. The number of benzene rings is 1. The van der Waals surface area contributed by atoms with Gasteiger partial charge < -0.3 is 9.47 Å². The highest BCUT2D eigenvalue weighted by Crippen LogP contribution is 2.35. The second-order valence-corrected chi connectivity index (χ2v) is 7.96. The minimum Gasteiger partial charge on any atom is -0.460 e. The number of hydrogen-bond donors (Lipinski definition) is 0. The van der Waals surface area contributed by atoms with Crippen molar-refractivity contribution in [3.63, 3.8) is 0 Å². The average Bonchev–Trinajstić information content (AvgIpc) is 2.51. The van der Waals surface area contributed by atoms with Crippen LogP contribution in [0.5, 0.6) is 0 Å². The lowest BCUT2D eigenvalue weighted by atomic mass is 9.75. The smallest absolute Gasteiger partial charge is 0.344 e. The first-order valence-electron chi connectivity index (χ1n) is 8.59. The van der Waals surface area contributed by atoms with Gasteiger partial charge in [0.15, 0.2) is 6.61 Å². The van der Waals surface area contributed by atoms with Crippen LogP contribution in [0.4, 0.5) is 0 Å². The molecule has 0 N–H and O–H groups in total. The van der Waals surface area contributed by atoms with E-state index in [2.05, 4.69) is 20.8 Å². The Kier molecular flexibility index (Phi) is 7.14. The molecule has 0 amide bonds. The Labute approximate surface area is 158 Å². The van der Waals surface area contributed by atoms with Crippen molar-refractivity contribution in [2.75, 3.05) is 6.61 Å². The van der Waals surface area contributed by atoms with Crippen LogP contribution in [0, 0.1) is 17.8 Å². The summed E-state index contributed by atoms with van der Waals surface area (Å²) in [5, 5.41) is 0.663. The van der Waals surface area contributed by atoms with Gasteiger partial charge in [-0.25, -0.2) is 9.59 Å². The third-order valence-electron chi connectivity index (χ3n) is 4.66. The minimum absolute atomic E-state index is 0.115. The number of ether oxygens (including phenoxy) is 2. The molecule has 0 bridgehead atoms. The molecule has 1 fully saturated rings. The van der Waals surface area contributed by atoms with E-state index >= 15 is 0 Å². The van der Waals surface area contributed by atoms with E-state index in [4.69, 9.17) is 32.7 Å². The second-order valence-electron chi connectivity index (χ2n) is 7.09. The number of hydrogen-bond acceptors (Lipinski definition) is 4. The summed E-state index contributed by atoms with van der Waals surface area (Å²) >= 11 is 11.7. The first-order chi connectivity index (χ1) is 11.8. The van der Waals surface area contributed by atoms with E-state index in [1.54, 1.807) is 0 Å². The molecular formula is C19H24Cl2O4. The van der Waals surface area contributed by atoms with Crippen molar-refractivity contribution < 1.29 is 19.1 Å². The Hall–Kier alpha value is -1.26. The largest absolute Gasteiger partial charge is 0.460 e.